The molecule has 0 spiro atoms. The van der Waals surface area contributed by atoms with Gasteiger partial charge >= 0.3 is 0 Å². The molecule has 1 heterocycles. The topological polar surface area (TPSA) is 84.4 Å². The molecular weight excluding hydrogens is 276 g/mol. The summed E-state index contributed by atoms with van der Waals surface area (Å²) in [6.45, 7) is 2.08. The first-order valence-electron chi connectivity index (χ1n) is 7.96. The number of aliphatic imine (C=N–C) groups is 1. The second-order valence-corrected chi connectivity index (χ2v) is 5.86. The summed E-state index contributed by atoms with van der Waals surface area (Å²) < 4.78 is 0. The fraction of sp³-hybridized carbons (Fsp3) is 0.471. The molecule has 0 bridgehead atoms. The smallest absolute Gasteiger partial charge is 0.222 e. The van der Waals surface area contributed by atoms with Gasteiger partial charge < -0.3 is 10.8 Å². The van der Waals surface area contributed by atoms with Crippen LogP contribution in [-0.2, 0) is 0 Å². The van der Waals surface area contributed by atoms with Crippen molar-refractivity contribution in [2.24, 2.45) is 4.99 Å². The highest BCUT2D eigenvalue weighted by Gasteiger charge is 2.27. The normalized spacial score (nSPS) is 15.5. The van der Waals surface area contributed by atoms with Crippen molar-refractivity contribution in [1.29, 1.82) is 0 Å². The van der Waals surface area contributed by atoms with E-state index >= 15 is 0 Å². The highest BCUT2D eigenvalue weighted by atomic mass is 16.3. The number of fused-ring (bicyclic) bond motifs is 1. The monoisotopic (exact) mass is 298 g/mol. The average molecular weight is 298 g/mol. The van der Waals surface area contributed by atoms with E-state index in [1.54, 1.807) is 0 Å². The van der Waals surface area contributed by atoms with Crippen molar-refractivity contribution in [3.63, 3.8) is 0 Å². The van der Waals surface area contributed by atoms with E-state index < -0.39 is 0 Å². The summed E-state index contributed by atoms with van der Waals surface area (Å²) in [6.07, 6.45) is 5.26. The number of aliphatic hydroxyl groups excluding tert-OH is 1. The quantitative estimate of drug-likeness (QED) is 0.801. The van der Waals surface area contributed by atoms with Gasteiger partial charge in [0.1, 0.15) is 0 Å². The van der Waals surface area contributed by atoms with Gasteiger partial charge in [-0.05, 0) is 43.2 Å². The van der Waals surface area contributed by atoms with Crippen LogP contribution in [0.3, 0.4) is 0 Å². The minimum atomic E-state index is -0.0446. The molecule has 0 amide bonds. The van der Waals surface area contributed by atoms with Crippen LogP contribution in [0.1, 0.15) is 50.5 Å². The summed E-state index contributed by atoms with van der Waals surface area (Å²) in [6, 6.07) is 6.09. The van der Waals surface area contributed by atoms with Crippen molar-refractivity contribution in [3.8, 4) is 0 Å². The molecule has 1 aliphatic carbocycles. The van der Waals surface area contributed by atoms with Gasteiger partial charge in [0.05, 0.1) is 12.1 Å². The Bertz CT molecular complexity index is 707. The third-order valence-electron chi connectivity index (χ3n) is 4.04. The Labute approximate surface area is 130 Å². The number of hydrogen-bond acceptors (Lipinski definition) is 5. The first kappa shape index (κ1) is 14.9. The zero-order valence-corrected chi connectivity index (χ0v) is 12.9. The molecule has 2 aromatic rings. The first-order valence-corrected chi connectivity index (χ1v) is 7.96. The summed E-state index contributed by atoms with van der Waals surface area (Å²) >= 11 is 0. The lowest BCUT2D eigenvalue weighted by atomic mass is 10.0. The number of aromatic nitrogens is 2. The summed E-state index contributed by atoms with van der Waals surface area (Å²) in [5, 5.41) is 10.5. The number of nitrogens with two attached hydrogens (primary N) is 1. The highest BCUT2D eigenvalue weighted by molar-refractivity contribution is 5.96. The maximum Gasteiger partial charge on any atom is 0.222 e. The molecule has 0 unspecified atom stereocenters. The molecule has 1 saturated carbocycles. The Kier molecular flexibility index (Phi) is 4.34. The lowest BCUT2D eigenvalue weighted by Crippen LogP contribution is -2.05. The van der Waals surface area contributed by atoms with E-state index in [0.29, 0.717) is 11.7 Å². The highest BCUT2D eigenvalue weighted by Crippen LogP contribution is 2.44. The molecular formula is C17H22N4O. The van der Waals surface area contributed by atoms with Crippen molar-refractivity contribution in [3.05, 3.63) is 23.8 Å². The van der Waals surface area contributed by atoms with Crippen LogP contribution in [0, 0.1) is 0 Å². The third-order valence-corrected chi connectivity index (χ3v) is 4.04. The van der Waals surface area contributed by atoms with Gasteiger partial charge in [0.25, 0.3) is 0 Å². The number of aliphatic hydroxyl groups is 1. The molecule has 5 nitrogen and oxygen atoms in total. The summed E-state index contributed by atoms with van der Waals surface area (Å²) in [4.78, 5) is 13.3. The van der Waals surface area contributed by atoms with Gasteiger partial charge in [-0.1, -0.05) is 25.5 Å². The predicted molar refractivity (Wildman–Crippen MR) is 89.6 cm³/mol. The summed E-state index contributed by atoms with van der Waals surface area (Å²) in [5.41, 5.74) is 8.68. The van der Waals surface area contributed by atoms with Gasteiger partial charge in [0, 0.05) is 11.1 Å². The Balaban J connectivity index is 2.12. The van der Waals surface area contributed by atoms with Crippen molar-refractivity contribution in [1.82, 2.24) is 9.97 Å². The Morgan fingerprint density at radius 1 is 1.36 bits per heavy atom. The van der Waals surface area contributed by atoms with E-state index in [2.05, 4.69) is 28.0 Å². The number of unbranched alkanes of at least 4 members (excludes halogenated alkanes) is 1. The molecule has 1 aromatic carbocycles. The first-order chi connectivity index (χ1) is 10.7. The summed E-state index contributed by atoms with van der Waals surface area (Å²) in [5.74, 6) is 1.41. The number of nitrogens with zero attached hydrogens (tertiary/aromatic N) is 3. The Morgan fingerprint density at radius 3 is 2.86 bits per heavy atom. The maximum atomic E-state index is 9.54. The lowest BCUT2D eigenvalue weighted by molar-refractivity contribution is 0.354. The van der Waals surface area contributed by atoms with Crippen molar-refractivity contribution in [2.75, 3.05) is 12.3 Å². The minimum absolute atomic E-state index is 0.0446. The summed E-state index contributed by atoms with van der Waals surface area (Å²) in [7, 11) is 0. The standard InChI is InChI=1S/C17H22N4O/c1-2-3-5-12(10-22)19-16-15-13(11-8-9-11)6-4-7-14(15)20-17(18)21-16/h4,6-7,11,22H,2-3,5,8-10H2,1H3,(H2,18,20,21). The number of rotatable bonds is 6. The van der Waals surface area contributed by atoms with Crippen molar-refractivity contribution < 1.29 is 5.11 Å². The fourth-order valence-electron chi connectivity index (χ4n) is 2.72. The van der Waals surface area contributed by atoms with E-state index in [1.807, 2.05) is 12.1 Å². The molecule has 1 fully saturated rings. The van der Waals surface area contributed by atoms with E-state index in [1.165, 1.54) is 18.4 Å². The van der Waals surface area contributed by atoms with Crippen LogP contribution in [0.2, 0.25) is 0 Å². The lowest BCUT2D eigenvalue weighted by Gasteiger charge is -2.09. The zero-order valence-electron chi connectivity index (χ0n) is 12.9. The maximum absolute atomic E-state index is 9.54. The van der Waals surface area contributed by atoms with E-state index in [4.69, 9.17) is 5.73 Å². The SMILES string of the molecule is CCCCC(CO)=Nc1nc(N)nc2cccc(C3CC3)c12. The Morgan fingerprint density at radius 2 is 2.18 bits per heavy atom. The van der Waals surface area contributed by atoms with Gasteiger partial charge in [-0.25, -0.2) is 9.98 Å². The van der Waals surface area contributed by atoms with Crippen LogP contribution >= 0.6 is 0 Å². The number of hydrogen-bond donors (Lipinski definition) is 2. The zero-order chi connectivity index (χ0) is 15.5. The van der Waals surface area contributed by atoms with E-state index in [0.717, 1.165) is 35.9 Å². The van der Waals surface area contributed by atoms with Gasteiger partial charge in [-0.3, -0.25) is 0 Å². The van der Waals surface area contributed by atoms with Crippen LogP contribution in [0.4, 0.5) is 11.8 Å². The average Bonchev–Trinajstić information content (AvgIpc) is 3.35. The van der Waals surface area contributed by atoms with Crippen LogP contribution in [-0.4, -0.2) is 27.4 Å². The number of nitrogen functional groups attached to an aromatic ring is 1. The second kappa shape index (κ2) is 6.40. The van der Waals surface area contributed by atoms with Crippen LogP contribution in [0.5, 0.6) is 0 Å². The van der Waals surface area contributed by atoms with Gasteiger partial charge in [0.15, 0.2) is 5.82 Å². The van der Waals surface area contributed by atoms with E-state index in [-0.39, 0.29) is 12.6 Å². The molecule has 22 heavy (non-hydrogen) atoms. The second-order valence-electron chi connectivity index (χ2n) is 5.86. The number of benzene rings is 1. The van der Waals surface area contributed by atoms with Crippen molar-refractivity contribution >= 4 is 28.4 Å². The predicted octanol–water partition coefficient (Wildman–Crippen LogP) is 3.34. The van der Waals surface area contributed by atoms with Gasteiger partial charge in [-0.2, -0.15) is 4.98 Å². The number of anilines is 1. The van der Waals surface area contributed by atoms with E-state index in [9.17, 15) is 5.11 Å². The third kappa shape index (κ3) is 3.09. The molecule has 116 valence electrons. The molecule has 1 aliphatic rings. The minimum Gasteiger partial charge on any atom is -0.390 e. The van der Waals surface area contributed by atoms with Gasteiger partial charge in [0.2, 0.25) is 5.95 Å². The molecule has 0 radical (unpaired) electrons. The largest absolute Gasteiger partial charge is 0.390 e. The Hall–Kier alpha value is -2.01. The van der Waals surface area contributed by atoms with Gasteiger partial charge in [-0.15, -0.1) is 0 Å². The molecule has 0 aliphatic heterocycles. The molecule has 0 atom stereocenters. The van der Waals surface area contributed by atoms with Crippen molar-refractivity contribution in [2.45, 2.75) is 44.9 Å². The molecule has 3 N–H and O–H groups in total. The molecule has 5 heteroatoms. The molecule has 1 aromatic heterocycles. The van der Waals surface area contributed by atoms with Crippen LogP contribution in [0.15, 0.2) is 23.2 Å². The molecule has 3 rings (SSSR count). The van der Waals surface area contributed by atoms with Crippen LogP contribution in [0.25, 0.3) is 10.9 Å². The van der Waals surface area contributed by atoms with Crippen LogP contribution < -0.4 is 5.73 Å². The fourth-order valence-corrected chi connectivity index (χ4v) is 2.72. The molecule has 0 saturated heterocycles.